The number of aliphatic hydroxyl groups is 2. The summed E-state index contributed by atoms with van der Waals surface area (Å²) in [6.45, 7) is 2.58. The highest BCUT2D eigenvalue weighted by Gasteiger charge is 2.37. The molecular weight excluding hydrogens is 718 g/mol. The van der Waals surface area contributed by atoms with Gasteiger partial charge in [-0.05, 0) is 71.2 Å². The van der Waals surface area contributed by atoms with Gasteiger partial charge in [0.2, 0.25) is 11.8 Å². The molecule has 0 spiro atoms. The van der Waals surface area contributed by atoms with Crippen molar-refractivity contribution in [3.05, 3.63) is 130 Å². The van der Waals surface area contributed by atoms with Gasteiger partial charge in [0, 0.05) is 56.0 Å². The fourth-order valence-electron chi connectivity index (χ4n) is 7.51. The van der Waals surface area contributed by atoms with E-state index in [9.17, 15) is 19.8 Å². The normalized spacial score (nSPS) is 19.8. The third kappa shape index (κ3) is 11.2. The van der Waals surface area contributed by atoms with Crippen molar-refractivity contribution in [3.8, 4) is 11.1 Å². The third-order valence-electron chi connectivity index (χ3n) is 10.8. The van der Waals surface area contributed by atoms with Crippen LogP contribution >= 0.6 is 11.6 Å². The van der Waals surface area contributed by atoms with Gasteiger partial charge in [-0.3, -0.25) is 14.8 Å². The molecule has 0 unspecified atom stereocenters. The van der Waals surface area contributed by atoms with Gasteiger partial charge in [-0.1, -0.05) is 109 Å². The lowest BCUT2D eigenvalue weighted by molar-refractivity contribution is -0.253. The fourth-order valence-corrected chi connectivity index (χ4v) is 7.64. The highest BCUT2D eigenvalue weighted by Crippen LogP contribution is 2.40. The summed E-state index contributed by atoms with van der Waals surface area (Å²) in [5, 5.41) is 33.4. The molecule has 11 heteroatoms. The Morgan fingerprint density at radius 1 is 0.800 bits per heavy atom. The molecule has 5 N–H and O–H groups in total. The van der Waals surface area contributed by atoms with E-state index in [0.29, 0.717) is 50.2 Å². The number of hydroxylamine groups is 1. The summed E-state index contributed by atoms with van der Waals surface area (Å²) in [6.07, 6.45) is 4.79. The largest absolute Gasteiger partial charge is 0.392 e. The number of piperidine rings is 1. The Balaban J connectivity index is 1.08. The van der Waals surface area contributed by atoms with Gasteiger partial charge in [-0.2, -0.15) is 0 Å². The molecule has 10 nitrogen and oxygen atoms in total. The maximum atomic E-state index is 12.6. The Morgan fingerprint density at radius 3 is 2.13 bits per heavy atom. The Kier molecular flexibility index (Phi) is 14.5. The van der Waals surface area contributed by atoms with Crippen LogP contribution in [0.15, 0.2) is 97.1 Å². The second-order valence-electron chi connectivity index (χ2n) is 14.7. The standard InChI is InChI=1S/C44H52ClN3O7/c45-37-21-19-36(20-22-37)44(52)23-25-48(26-24-44)29-38-27-40(33-13-11-31(30-49)12-14-33)55-43(54-38)34-17-15-32(16-18-34)39-8-6-5-7-35(39)28-46-41(50)9-3-1-2-4-10-42(51)47-53/h5-8,11-22,38,40,43,49,52-53H,1-4,9-10,23-30H2,(H,46,50)(H,47,51)/t38-,40+,43+/m0/s1. The minimum absolute atomic E-state index is 0.0123. The van der Waals surface area contributed by atoms with Crippen molar-refractivity contribution < 1.29 is 34.5 Å². The molecule has 0 bridgehead atoms. The molecule has 292 valence electrons. The fraction of sp³-hybridized carbons (Fsp3) is 0.409. The van der Waals surface area contributed by atoms with Gasteiger partial charge in [0.15, 0.2) is 6.29 Å². The quantitative estimate of drug-likeness (QED) is 0.0449. The first-order chi connectivity index (χ1) is 26.7. The lowest BCUT2D eigenvalue weighted by Gasteiger charge is -2.42. The average Bonchev–Trinajstić information content (AvgIpc) is 3.22. The summed E-state index contributed by atoms with van der Waals surface area (Å²) >= 11 is 6.10. The molecule has 6 rings (SSSR count). The first kappa shape index (κ1) is 40.5. The smallest absolute Gasteiger partial charge is 0.243 e. The summed E-state index contributed by atoms with van der Waals surface area (Å²) in [6, 6.07) is 31.6. The van der Waals surface area contributed by atoms with Gasteiger partial charge in [-0.15, -0.1) is 0 Å². The number of amides is 2. The molecule has 2 heterocycles. The minimum atomic E-state index is -0.882. The summed E-state index contributed by atoms with van der Waals surface area (Å²) < 4.78 is 13.3. The molecule has 2 fully saturated rings. The zero-order chi connectivity index (χ0) is 38.6. The highest BCUT2D eigenvalue weighted by molar-refractivity contribution is 6.30. The zero-order valence-corrected chi connectivity index (χ0v) is 31.9. The van der Waals surface area contributed by atoms with E-state index in [0.717, 1.165) is 71.3 Å². The number of halogens is 1. The van der Waals surface area contributed by atoms with Crippen molar-refractivity contribution in [2.45, 2.75) is 95.0 Å². The number of nitrogens with one attached hydrogen (secondary N) is 2. The number of likely N-dealkylation sites (tertiary alicyclic amines) is 1. The topological polar surface area (TPSA) is 141 Å². The van der Waals surface area contributed by atoms with Crippen molar-refractivity contribution in [3.63, 3.8) is 0 Å². The Labute approximate surface area is 328 Å². The first-order valence-corrected chi connectivity index (χ1v) is 19.7. The third-order valence-corrected chi connectivity index (χ3v) is 11.1. The van der Waals surface area contributed by atoms with Crippen LogP contribution < -0.4 is 10.8 Å². The predicted octanol–water partition coefficient (Wildman–Crippen LogP) is 7.49. The van der Waals surface area contributed by atoms with Crippen LogP contribution in [0, 0.1) is 0 Å². The van der Waals surface area contributed by atoms with Gasteiger partial charge in [-0.25, -0.2) is 5.48 Å². The monoisotopic (exact) mass is 769 g/mol. The lowest BCUT2D eigenvalue weighted by atomic mass is 9.84. The maximum Gasteiger partial charge on any atom is 0.243 e. The van der Waals surface area contributed by atoms with Crippen LogP contribution in [-0.4, -0.2) is 57.9 Å². The number of hydrogen-bond acceptors (Lipinski definition) is 8. The number of ether oxygens (including phenoxy) is 2. The van der Waals surface area contributed by atoms with E-state index in [1.165, 1.54) is 0 Å². The van der Waals surface area contributed by atoms with E-state index in [1.807, 2.05) is 78.9 Å². The van der Waals surface area contributed by atoms with E-state index in [2.05, 4.69) is 28.4 Å². The van der Waals surface area contributed by atoms with Crippen molar-refractivity contribution >= 4 is 23.4 Å². The van der Waals surface area contributed by atoms with Gasteiger partial charge in [0.1, 0.15) is 0 Å². The van der Waals surface area contributed by atoms with Crippen molar-refractivity contribution in [1.82, 2.24) is 15.7 Å². The molecule has 0 aliphatic carbocycles. The van der Waals surface area contributed by atoms with E-state index in [-0.39, 0.29) is 37.0 Å². The lowest BCUT2D eigenvalue weighted by Crippen LogP contribution is -2.46. The predicted molar refractivity (Wildman–Crippen MR) is 211 cm³/mol. The second-order valence-corrected chi connectivity index (χ2v) is 15.1. The van der Waals surface area contributed by atoms with Gasteiger partial charge in [0.05, 0.1) is 24.4 Å². The molecule has 0 saturated carbocycles. The van der Waals surface area contributed by atoms with Crippen LogP contribution in [0.1, 0.15) is 98.0 Å². The SMILES string of the molecule is O=C(CCCCCCC(=O)NCc1ccccc1-c1ccc([C@@H]2O[C@H](CN3CCC(O)(c4ccc(Cl)cc4)CC3)C[C@H](c3ccc(CO)cc3)O2)cc1)NO. The Hall–Kier alpha value is -4.13. The molecule has 2 amide bonds. The molecule has 0 radical (unpaired) electrons. The van der Waals surface area contributed by atoms with Crippen LogP contribution in [0.25, 0.3) is 11.1 Å². The number of hydrogen-bond donors (Lipinski definition) is 5. The van der Waals surface area contributed by atoms with Crippen molar-refractivity contribution in [1.29, 1.82) is 0 Å². The molecule has 55 heavy (non-hydrogen) atoms. The van der Waals surface area contributed by atoms with Gasteiger partial charge in [0.25, 0.3) is 0 Å². The molecular formula is C44H52ClN3O7. The van der Waals surface area contributed by atoms with Crippen LogP contribution in [0.2, 0.25) is 5.02 Å². The van der Waals surface area contributed by atoms with Crippen LogP contribution in [-0.2, 0) is 37.8 Å². The molecule has 2 saturated heterocycles. The van der Waals surface area contributed by atoms with E-state index < -0.39 is 11.9 Å². The second kappa shape index (κ2) is 19.6. The van der Waals surface area contributed by atoms with E-state index in [4.69, 9.17) is 26.3 Å². The number of unbranched alkanes of at least 4 members (excludes halogenated alkanes) is 3. The molecule has 3 atom stereocenters. The molecule has 4 aromatic rings. The van der Waals surface area contributed by atoms with E-state index in [1.54, 1.807) is 5.48 Å². The molecule has 4 aromatic carbocycles. The highest BCUT2D eigenvalue weighted by atomic mass is 35.5. The van der Waals surface area contributed by atoms with E-state index >= 15 is 0 Å². The van der Waals surface area contributed by atoms with Gasteiger partial charge >= 0.3 is 0 Å². The number of carbonyl (C=O) groups excluding carboxylic acids is 2. The van der Waals surface area contributed by atoms with Crippen molar-refractivity contribution in [2.75, 3.05) is 19.6 Å². The Bertz CT molecular complexity index is 1830. The summed E-state index contributed by atoms with van der Waals surface area (Å²) in [5.41, 5.74) is 7.51. The summed E-state index contributed by atoms with van der Waals surface area (Å²) in [7, 11) is 0. The minimum Gasteiger partial charge on any atom is -0.392 e. The first-order valence-electron chi connectivity index (χ1n) is 19.3. The van der Waals surface area contributed by atoms with Crippen LogP contribution in [0.3, 0.4) is 0 Å². The number of rotatable bonds is 16. The molecule has 0 aromatic heterocycles. The summed E-state index contributed by atoms with van der Waals surface area (Å²) in [4.78, 5) is 26.1. The van der Waals surface area contributed by atoms with Crippen LogP contribution in [0.4, 0.5) is 0 Å². The number of carbonyl (C=O) groups is 2. The average molecular weight is 770 g/mol. The van der Waals surface area contributed by atoms with Crippen molar-refractivity contribution in [2.24, 2.45) is 0 Å². The molecule has 2 aliphatic rings. The van der Waals surface area contributed by atoms with Gasteiger partial charge < -0.3 is 29.9 Å². The number of benzene rings is 4. The van der Waals surface area contributed by atoms with Crippen LogP contribution in [0.5, 0.6) is 0 Å². The number of aliphatic hydroxyl groups excluding tert-OH is 1. The molecule has 2 aliphatic heterocycles. The maximum absolute atomic E-state index is 12.6. The summed E-state index contributed by atoms with van der Waals surface area (Å²) in [5.74, 6) is -0.400. The number of nitrogens with zero attached hydrogens (tertiary/aromatic N) is 1. The zero-order valence-electron chi connectivity index (χ0n) is 31.2. The Morgan fingerprint density at radius 2 is 1.45 bits per heavy atom.